The van der Waals surface area contributed by atoms with Crippen LogP contribution in [0.4, 0.5) is 4.39 Å². The van der Waals surface area contributed by atoms with Crippen LogP contribution in [0, 0.1) is 5.82 Å². The van der Waals surface area contributed by atoms with Crippen LogP contribution in [0.25, 0.3) is 22.6 Å². The summed E-state index contributed by atoms with van der Waals surface area (Å²) in [6.07, 6.45) is 7.64. The molecule has 0 amide bonds. The number of nitrogens with two attached hydrogens (primary N) is 1. The minimum atomic E-state index is -0.241. The smallest absolute Gasteiger partial charge is 0.137 e. The second-order valence-electron chi connectivity index (χ2n) is 6.31. The molecule has 0 aliphatic heterocycles. The van der Waals surface area contributed by atoms with Crippen LogP contribution in [0.1, 0.15) is 31.2 Å². The number of hydrogen-bond acceptors (Lipinski definition) is 2. The van der Waals surface area contributed by atoms with Gasteiger partial charge in [0.25, 0.3) is 0 Å². The van der Waals surface area contributed by atoms with Gasteiger partial charge in [0.05, 0.1) is 11.9 Å². The maximum atomic E-state index is 13.1. The molecule has 1 aromatic heterocycles. The maximum Gasteiger partial charge on any atom is 0.137 e. The Balaban J connectivity index is 1.68. The number of rotatable bonds is 8. The molecular formula is C21H24FN3. The molecule has 0 atom stereocenters. The van der Waals surface area contributed by atoms with Crippen LogP contribution in [0.5, 0.6) is 0 Å². The predicted octanol–water partition coefficient (Wildman–Crippen LogP) is 4.94. The van der Waals surface area contributed by atoms with Crippen molar-refractivity contribution in [3.63, 3.8) is 0 Å². The van der Waals surface area contributed by atoms with Crippen LogP contribution in [0.15, 0.2) is 54.7 Å². The van der Waals surface area contributed by atoms with Crippen LogP contribution in [-0.4, -0.2) is 16.5 Å². The maximum absolute atomic E-state index is 13.1. The number of benzene rings is 2. The summed E-state index contributed by atoms with van der Waals surface area (Å²) in [5.74, 6) is 0.511. The van der Waals surface area contributed by atoms with E-state index in [2.05, 4.69) is 34.2 Å². The molecule has 3 nitrogen and oxygen atoms in total. The molecule has 0 saturated carbocycles. The predicted molar refractivity (Wildman–Crippen MR) is 101 cm³/mol. The Morgan fingerprint density at radius 1 is 0.920 bits per heavy atom. The summed E-state index contributed by atoms with van der Waals surface area (Å²) >= 11 is 0. The van der Waals surface area contributed by atoms with Crippen molar-refractivity contribution in [2.45, 2.75) is 32.1 Å². The Kier molecular flexibility index (Phi) is 5.96. The number of hydrogen-bond donors (Lipinski definition) is 2. The van der Waals surface area contributed by atoms with Gasteiger partial charge in [0, 0.05) is 5.56 Å². The molecule has 3 rings (SSSR count). The lowest BCUT2D eigenvalue weighted by Crippen LogP contribution is -1.97. The zero-order valence-corrected chi connectivity index (χ0v) is 14.3. The number of aromatic nitrogens is 2. The van der Waals surface area contributed by atoms with Crippen molar-refractivity contribution in [1.29, 1.82) is 0 Å². The quantitative estimate of drug-likeness (QED) is 0.572. The number of aryl methyl sites for hydroxylation is 1. The number of aromatic amines is 1. The lowest BCUT2D eigenvalue weighted by atomic mass is 10.0. The lowest BCUT2D eigenvalue weighted by Gasteiger charge is -2.04. The van der Waals surface area contributed by atoms with Crippen LogP contribution in [0.2, 0.25) is 0 Å². The SMILES string of the molecule is NCCCCCCc1cccc(-c2cnc(-c3ccc(F)cc3)[nH]2)c1. The standard InChI is InChI=1S/C21H24FN3/c22-19-11-9-17(10-12-19)21-24-15-20(25-21)18-8-5-7-16(14-18)6-3-1-2-4-13-23/h5,7-12,14-15H,1-4,6,13,23H2,(H,24,25). The van der Waals surface area contributed by atoms with Gasteiger partial charge >= 0.3 is 0 Å². The molecular weight excluding hydrogens is 313 g/mol. The van der Waals surface area contributed by atoms with E-state index in [0.717, 1.165) is 42.0 Å². The van der Waals surface area contributed by atoms with Gasteiger partial charge in [-0.25, -0.2) is 9.37 Å². The van der Waals surface area contributed by atoms with Gasteiger partial charge in [0.15, 0.2) is 0 Å². The first-order valence-corrected chi connectivity index (χ1v) is 8.86. The van der Waals surface area contributed by atoms with Crippen LogP contribution in [-0.2, 0) is 6.42 Å². The summed E-state index contributed by atoms with van der Waals surface area (Å²) in [6, 6.07) is 14.9. The van der Waals surface area contributed by atoms with Crippen molar-refractivity contribution in [2.75, 3.05) is 6.54 Å². The molecule has 0 spiro atoms. The van der Waals surface area contributed by atoms with E-state index >= 15 is 0 Å². The normalized spacial score (nSPS) is 11.0. The highest BCUT2D eigenvalue weighted by Gasteiger charge is 2.06. The van der Waals surface area contributed by atoms with Gasteiger partial charge in [-0.05, 0) is 67.3 Å². The molecule has 0 radical (unpaired) electrons. The van der Waals surface area contributed by atoms with Gasteiger partial charge in [0.2, 0.25) is 0 Å². The Hall–Kier alpha value is -2.46. The Labute approximate surface area is 148 Å². The molecule has 1 heterocycles. The van der Waals surface area contributed by atoms with E-state index < -0.39 is 0 Å². The van der Waals surface area contributed by atoms with E-state index in [1.165, 1.54) is 37.0 Å². The van der Waals surface area contributed by atoms with E-state index in [0.29, 0.717) is 0 Å². The van der Waals surface area contributed by atoms with Crippen molar-refractivity contribution in [3.8, 4) is 22.6 Å². The van der Waals surface area contributed by atoms with E-state index in [1.807, 2.05) is 6.20 Å². The van der Waals surface area contributed by atoms with E-state index in [9.17, 15) is 4.39 Å². The fourth-order valence-corrected chi connectivity index (χ4v) is 2.94. The molecule has 130 valence electrons. The number of imidazole rings is 1. The zero-order valence-electron chi connectivity index (χ0n) is 14.3. The molecule has 0 bridgehead atoms. The van der Waals surface area contributed by atoms with Crippen molar-refractivity contribution in [1.82, 2.24) is 9.97 Å². The minimum absolute atomic E-state index is 0.241. The summed E-state index contributed by atoms with van der Waals surface area (Å²) in [4.78, 5) is 7.76. The first-order valence-electron chi connectivity index (χ1n) is 8.86. The van der Waals surface area contributed by atoms with Crippen LogP contribution in [0.3, 0.4) is 0 Å². The highest BCUT2D eigenvalue weighted by molar-refractivity contribution is 5.64. The first kappa shape index (κ1) is 17.4. The van der Waals surface area contributed by atoms with Gasteiger partial charge in [-0.3, -0.25) is 0 Å². The number of unbranched alkanes of at least 4 members (excludes halogenated alkanes) is 3. The second-order valence-corrected chi connectivity index (χ2v) is 6.31. The van der Waals surface area contributed by atoms with E-state index in [-0.39, 0.29) is 5.82 Å². The van der Waals surface area contributed by atoms with Crippen molar-refractivity contribution in [3.05, 3.63) is 66.1 Å². The molecule has 0 unspecified atom stereocenters. The first-order chi connectivity index (χ1) is 12.3. The summed E-state index contributed by atoms with van der Waals surface area (Å²) < 4.78 is 13.1. The van der Waals surface area contributed by atoms with E-state index in [4.69, 9.17) is 5.73 Å². The van der Waals surface area contributed by atoms with Gasteiger partial charge in [-0.15, -0.1) is 0 Å². The zero-order chi connectivity index (χ0) is 17.5. The third-order valence-electron chi connectivity index (χ3n) is 4.35. The highest BCUT2D eigenvalue weighted by atomic mass is 19.1. The lowest BCUT2D eigenvalue weighted by molar-refractivity contribution is 0.628. The molecule has 0 aliphatic rings. The summed E-state index contributed by atoms with van der Waals surface area (Å²) in [7, 11) is 0. The molecule has 3 aromatic rings. The third kappa shape index (κ3) is 4.77. The fraction of sp³-hybridized carbons (Fsp3) is 0.286. The van der Waals surface area contributed by atoms with Gasteiger partial charge in [0.1, 0.15) is 11.6 Å². The van der Waals surface area contributed by atoms with Crippen LogP contribution >= 0.6 is 0 Å². The molecule has 4 heteroatoms. The molecule has 0 saturated heterocycles. The summed E-state index contributed by atoms with van der Waals surface area (Å²) in [6.45, 7) is 0.783. The van der Waals surface area contributed by atoms with Gasteiger partial charge < -0.3 is 10.7 Å². The minimum Gasteiger partial charge on any atom is -0.338 e. The van der Waals surface area contributed by atoms with Crippen molar-refractivity contribution < 1.29 is 4.39 Å². The number of nitrogens with zero attached hydrogens (tertiary/aromatic N) is 1. The molecule has 25 heavy (non-hydrogen) atoms. The average molecular weight is 337 g/mol. The average Bonchev–Trinajstić information content (AvgIpc) is 3.13. The number of halogens is 1. The summed E-state index contributed by atoms with van der Waals surface area (Å²) in [5.41, 5.74) is 9.85. The Morgan fingerprint density at radius 2 is 1.72 bits per heavy atom. The topological polar surface area (TPSA) is 54.7 Å². The molecule has 3 N–H and O–H groups in total. The monoisotopic (exact) mass is 337 g/mol. The summed E-state index contributed by atoms with van der Waals surface area (Å²) in [5, 5.41) is 0. The van der Waals surface area contributed by atoms with Crippen molar-refractivity contribution in [2.24, 2.45) is 5.73 Å². The second kappa shape index (κ2) is 8.58. The van der Waals surface area contributed by atoms with Gasteiger partial charge in [-0.1, -0.05) is 31.0 Å². The number of H-pyrrole nitrogens is 1. The molecule has 0 fully saturated rings. The van der Waals surface area contributed by atoms with E-state index in [1.54, 1.807) is 12.1 Å². The highest BCUT2D eigenvalue weighted by Crippen LogP contribution is 2.23. The molecule has 2 aromatic carbocycles. The van der Waals surface area contributed by atoms with Gasteiger partial charge in [-0.2, -0.15) is 0 Å². The Morgan fingerprint density at radius 3 is 2.52 bits per heavy atom. The number of nitrogens with one attached hydrogen (secondary N) is 1. The molecule has 0 aliphatic carbocycles. The fourth-order valence-electron chi connectivity index (χ4n) is 2.94. The third-order valence-corrected chi connectivity index (χ3v) is 4.35. The van der Waals surface area contributed by atoms with Crippen LogP contribution < -0.4 is 5.73 Å². The largest absolute Gasteiger partial charge is 0.338 e. The Bertz CT molecular complexity index is 793. The van der Waals surface area contributed by atoms with Crippen molar-refractivity contribution >= 4 is 0 Å².